The van der Waals surface area contributed by atoms with Gasteiger partial charge < -0.3 is 30.5 Å². The first kappa shape index (κ1) is 33.3. The number of benzene rings is 2. The third kappa shape index (κ3) is 6.54. The van der Waals surface area contributed by atoms with Crippen molar-refractivity contribution in [3.05, 3.63) is 114 Å². The highest BCUT2D eigenvalue weighted by Gasteiger charge is 2.47. The molecule has 4 aromatic heterocycles. The van der Waals surface area contributed by atoms with Crippen molar-refractivity contribution in [1.82, 2.24) is 50.0 Å². The summed E-state index contributed by atoms with van der Waals surface area (Å²) in [6.07, 6.45) is 0.645. The molecule has 16 heteroatoms. The molecule has 2 aliphatic rings. The minimum absolute atomic E-state index is 0.00302. The average molecular weight is 703 g/mol. The number of imidazole rings is 1. The molecule has 266 valence electrons. The third-order valence-corrected chi connectivity index (χ3v) is 9.54. The van der Waals surface area contributed by atoms with Crippen LogP contribution in [0, 0.1) is 0 Å². The molecule has 0 radical (unpaired) electrons. The van der Waals surface area contributed by atoms with Gasteiger partial charge in [0.25, 0.3) is 5.91 Å². The Hall–Kier alpha value is -5.84. The number of carbonyl (C=O) groups excluding carboxylic acids is 1. The van der Waals surface area contributed by atoms with Gasteiger partial charge in [-0.25, -0.2) is 4.98 Å². The lowest BCUT2D eigenvalue weighted by atomic mass is 9.91. The first-order valence-electron chi connectivity index (χ1n) is 17.3. The van der Waals surface area contributed by atoms with E-state index in [9.17, 15) is 15.0 Å². The second-order valence-electron chi connectivity index (χ2n) is 12.9. The molecule has 2 aromatic carbocycles. The van der Waals surface area contributed by atoms with Crippen LogP contribution in [0.3, 0.4) is 0 Å². The SMILES string of the molecule is CCn1nnc([C@H]2O[C@@H](n3cnc4c(NCC(c5ccccc5)c5ccccc5)nc(N5CC[C@H](NC(=O)c6cccnc6)C5)nc43)[C@H](O)[C@@H]2O)n1. The standard InChI is InChI=1S/C36H38N12O4/c1-2-48-44-32(43-45-48)30-28(49)29(50)35(52-30)47-21-39-27-31(38-19-26(22-10-5-3-6-11-22)23-12-7-4-8-13-23)41-36(42-33(27)47)46-17-15-25(20-46)40-34(51)24-14-9-16-37-18-24/h3-14,16,18,21,25-26,28-30,35,49-50H,2,15,17,19-20H2,1H3,(H,40,51)(H,38,41,42)/t25-,28-,29+,30-,35+/m0/s1. The highest BCUT2D eigenvalue weighted by Crippen LogP contribution is 2.39. The van der Waals surface area contributed by atoms with Crippen molar-refractivity contribution < 1.29 is 19.7 Å². The predicted molar refractivity (Wildman–Crippen MR) is 189 cm³/mol. The fraction of sp³-hybridized carbons (Fsp3) is 0.333. The molecule has 2 fully saturated rings. The molecule has 2 aliphatic heterocycles. The molecule has 5 atom stereocenters. The normalized spacial score (nSPS) is 21.6. The van der Waals surface area contributed by atoms with E-state index in [1.54, 1.807) is 29.1 Å². The van der Waals surface area contributed by atoms with Gasteiger partial charge in [0.1, 0.15) is 12.2 Å². The van der Waals surface area contributed by atoms with E-state index >= 15 is 0 Å². The summed E-state index contributed by atoms with van der Waals surface area (Å²) in [6.45, 7) is 3.93. The Morgan fingerprint density at radius 2 is 1.77 bits per heavy atom. The number of tetrazole rings is 1. The number of aliphatic hydroxyl groups is 2. The van der Waals surface area contributed by atoms with Gasteiger partial charge in [-0.05, 0) is 41.8 Å². The van der Waals surface area contributed by atoms with E-state index in [0.29, 0.717) is 61.1 Å². The molecule has 0 spiro atoms. The lowest BCUT2D eigenvalue weighted by Gasteiger charge is -2.22. The first-order valence-corrected chi connectivity index (χ1v) is 17.3. The zero-order chi connectivity index (χ0) is 35.6. The summed E-state index contributed by atoms with van der Waals surface area (Å²) in [5, 5.41) is 41.3. The summed E-state index contributed by atoms with van der Waals surface area (Å²) in [5.74, 6) is 0.885. The fourth-order valence-electron chi connectivity index (χ4n) is 6.79. The number of aromatic nitrogens is 9. The van der Waals surface area contributed by atoms with Gasteiger partial charge in [0.15, 0.2) is 29.3 Å². The quantitative estimate of drug-likeness (QED) is 0.154. The predicted octanol–water partition coefficient (Wildman–Crippen LogP) is 2.47. The number of hydrogen-bond donors (Lipinski definition) is 4. The van der Waals surface area contributed by atoms with Crippen LogP contribution in [0.5, 0.6) is 0 Å². The molecule has 0 aliphatic carbocycles. The van der Waals surface area contributed by atoms with E-state index in [1.165, 1.54) is 11.1 Å². The van der Waals surface area contributed by atoms with Crippen molar-refractivity contribution in [3.63, 3.8) is 0 Å². The highest BCUT2D eigenvalue weighted by molar-refractivity contribution is 5.94. The minimum Gasteiger partial charge on any atom is -0.387 e. The summed E-state index contributed by atoms with van der Waals surface area (Å²) in [7, 11) is 0. The molecular formula is C36H38N12O4. The Kier molecular flexibility index (Phi) is 9.24. The molecule has 4 N–H and O–H groups in total. The summed E-state index contributed by atoms with van der Waals surface area (Å²) in [4.78, 5) is 35.0. The number of fused-ring (bicyclic) bond motifs is 1. The molecule has 6 heterocycles. The average Bonchev–Trinajstić information content (AvgIpc) is 4.00. The van der Waals surface area contributed by atoms with Crippen molar-refractivity contribution in [1.29, 1.82) is 0 Å². The molecule has 16 nitrogen and oxygen atoms in total. The Labute approximate surface area is 298 Å². The van der Waals surface area contributed by atoms with Crippen LogP contribution < -0.4 is 15.5 Å². The van der Waals surface area contributed by atoms with Crippen LogP contribution in [-0.2, 0) is 11.3 Å². The molecule has 0 bridgehead atoms. The lowest BCUT2D eigenvalue weighted by molar-refractivity contribution is -0.0384. The van der Waals surface area contributed by atoms with Gasteiger partial charge in [-0.2, -0.15) is 14.8 Å². The molecule has 0 unspecified atom stereocenters. The number of hydrogen-bond acceptors (Lipinski definition) is 13. The van der Waals surface area contributed by atoms with Crippen LogP contribution in [0.15, 0.2) is 91.5 Å². The summed E-state index contributed by atoms with van der Waals surface area (Å²) in [5.41, 5.74) is 3.63. The Morgan fingerprint density at radius 3 is 2.46 bits per heavy atom. The number of pyridine rings is 1. The van der Waals surface area contributed by atoms with Crippen LogP contribution >= 0.6 is 0 Å². The van der Waals surface area contributed by atoms with Crippen LogP contribution in [0.4, 0.5) is 11.8 Å². The van der Waals surface area contributed by atoms with Crippen molar-refractivity contribution in [2.75, 3.05) is 29.9 Å². The largest absolute Gasteiger partial charge is 0.387 e. The monoisotopic (exact) mass is 702 g/mol. The summed E-state index contributed by atoms with van der Waals surface area (Å²) >= 11 is 0. The number of nitrogens with one attached hydrogen (secondary N) is 2. The fourth-order valence-corrected chi connectivity index (χ4v) is 6.79. The number of ether oxygens (including phenoxy) is 1. The topological polar surface area (TPSA) is 194 Å². The molecule has 0 saturated carbocycles. The summed E-state index contributed by atoms with van der Waals surface area (Å²) in [6, 6.07) is 23.8. The van der Waals surface area contributed by atoms with Gasteiger partial charge >= 0.3 is 0 Å². The molecule has 1 amide bonds. The van der Waals surface area contributed by atoms with Crippen molar-refractivity contribution in [2.45, 2.75) is 56.4 Å². The molecular weight excluding hydrogens is 664 g/mol. The van der Waals surface area contributed by atoms with Crippen LogP contribution in [-0.4, -0.2) is 98.7 Å². The van der Waals surface area contributed by atoms with E-state index < -0.39 is 24.5 Å². The maximum absolute atomic E-state index is 12.9. The molecule has 8 rings (SSSR count). The van der Waals surface area contributed by atoms with Gasteiger partial charge in [-0.3, -0.25) is 14.3 Å². The van der Waals surface area contributed by atoms with E-state index in [2.05, 4.69) is 55.3 Å². The van der Waals surface area contributed by atoms with Crippen LogP contribution in [0.2, 0.25) is 0 Å². The van der Waals surface area contributed by atoms with Crippen molar-refractivity contribution >= 4 is 28.8 Å². The van der Waals surface area contributed by atoms with Gasteiger partial charge in [0.2, 0.25) is 11.8 Å². The van der Waals surface area contributed by atoms with Gasteiger partial charge in [-0.15, -0.1) is 10.2 Å². The first-order chi connectivity index (χ1) is 25.5. The number of nitrogens with zero attached hydrogens (tertiary/aromatic N) is 10. The number of carbonyl (C=O) groups is 1. The van der Waals surface area contributed by atoms with Crippen molar-refractivity contribution in [3.8, 4) is 0 Å². The number of aliphatic hydroxyl groups excluding tert-OH is 2. The number of rotatable bonds is 11. The minimum atomic E-state index is -1.34. The van der Waals surface area contributed by atoms with E-state index in [0.717, 1.165) is 11.1 Å². The number of anilines is 2. The van der Waals surface area contributed by atoms with Gasteiger partial charge in [0.05, 0.1) is 18.4 Å². The second kappa shape index (κ2) is 14.4. The number of aryl methyl sites for hydroxylation is 1. The molecule has 52 heavy (non-hydrogen) atoms. The number of amides is 1. The van der Waals surface area contributed by atoms with E-state index in [1.807, 2.05) is 48.2 Å². The van der Waals surface area contributed by atoms with E-state index in [-0.39, 0.29) is 23.7 Å². The Balaban J connectivity index is 1.12. The smallest absolute Gasteiger partial charge is 0.253 e. The maximum atomic E-state index is 12.9. The van der Waals surface area contributed by atoms with E-state index in [4.69, 9.17) is 19.7 Å². The van der Waals surface area contributed by atoms with Gasteiger partial charge in [0, 0.05) is 44.0 Å². The van der Waals surface area contributed by atoms with Gasteiger partial charge in [-0.1, -0.05) is 60.7 Å². The zero-order valence-corrected chi connectivity index (χ0v) is 28.3. The summed E-state index contributed by atoms with van der Waals surface area (Å²) < 4.78 is 7.81. The van der Waals surface area contributed by atoms with Crippen molar-refractivity contribution in [2.24, 2.45) is 0 Å². The van der Waals surface area contributed by atoms with Crippen LogP contribution in [0.1, 0.15) is 58.9 Å². The molecule has 2 saturated heterocycles. The third-order valence-electron chi connectivity index (χ3n) is 9.54. The Morgan fingerprint density at radius 1 is 1.00 bits per heavy atom. The highest BCUT2D eigenvalue weighted by atomic mass is 16.6. The second-order valence-corrected chi connectivity index (χ2v) is 12.9. The van der Waals surface area contributed by atoms with Crippen LogP contribution in [0.25, 0.3) is 11.2 Å². The molecule has 6 aromatic rings. The maximum Gasteiger partial charge on any atom is 0.253 e. The Bertz CT molecular complexity index is 2090. The lowest BCUT2D eigenvalue weighted by Crippen LogP contribution is -2.37. The zero-order valence-electron chi connectivity index (χ0n) is 28.3.